The number of para-hydroxylation sites is 1. The number of hydrogen-bond acceptors (Lipinski definition) is 4. The van der Waals surface area contributed by atoms with Gasteiger partial charge in [0, 0.05) is 11.9 Å². The van der Waals surface area contributed by atoms with Crippen LogP contribution in [0, 0.1) is 6.92 Å². The average molecular weight is 289 g/mol. The van der Waals surface area contributed by atoms with Gasteiger partial charge < -0.3 is 5.32 Å². The van der Waals surface area contributed by atoms with Crippen LogP contribution in [0.4, 0.5) is 0 Å². The highest BCUT2D eigenvalue weighted by atomic mass is 32.2. The molecule has 0 bridgehead atoms. The zero-order valence-electron chi connectivity index (χ0n) is 12.0. The molecule has 0 saturated heterocycles. The molecule has 1 amide bonds. The first-order valence-electron chi connectivity index (χ1n) is 6.79. The van der Waals surface area contributed by atoms with Crippen LogP contribution in [0.25, 0.3) is 10.9 Å². The number of benzene rings is 1. The summed E-state index contributed by atoms with van der Waals surface area (Å²) < 4.78 is 0. The largest absolute Gasteiger partial charge is 0.355 e. The van der Waals surface area contributed by atoms with E-state index in [4.69, 9.17) is 0 Å². The lowest BCUT2D eigenvalue weighted by Gasteiger charge is -2.12. The molecule has 1 N–H and O–H groups in total. The molecule has 0 fully saturated rings. The van der Waals surface area contributed by atoms with E-state index in [0.717, 1.165) is 28.2 Å². The lowest BCUT2D eigenvalue weighted by Crippen LogP contribution is -2.31. The number of thioether (sulfide) groups is 1. The molecule has 0 spiro atoms. The molecule has 2 aromatic rings. The zero-order chi connectivity index (χ0) is 14.5. The summed E-state index contributed by atoms with van der Waals surface area (Å²) in [5.74, 6) is 0.782. The molecule has 5 heteroatoms. The van der Waals surface area contributed by atoms with Crippen LogP contribution in [0.5, 0.6) is 0 Å². The Morgan fingerprint density at radius 3 is 2.85 bits per heavy atom. The van der Waals surface area contributed by atoms with E-state index in [1.165, 1.54) is 11.8 Å². The van der Waals surface area contributed by atoms with Gasteiger partial charge >= 0.3 is 0 Å². The quantitative estimate of drug-likeness (QED) is 0.679. The third-order valence-electron chi connectivity index (χ3n) is 2.89. The van der Waals surface area contributed by atoms with Gasteiger partial charge in [0.15, 0.2) is 0 Å². The minimum absolute atomic E-state index is 0.0530. The number of fused-ring (bicyclic) bond motifs is 1. The summed E-state index contributed by atoms with van der Waals surface area (Å²) in [7, 11) is 0. The van der Waals surface area contributed by atoms with Crippen LogP contribution in [0.3, 0.4) is 0 Å². The fourth-order valence-corrected chi connectivity index (χ4v) is 2.87. The average Bonchev–Trinajstić information content (AvgIpc) is 2.44. The monoisotopic (exact) mass is 289 g/mol. The maximum atomic E-state index is 12.0. The zero-order valence-corrected chi connectivity index (χ0v) is 12.8. The molecule has 4 nitrogen and oxygen atoms in total. The Bertz CT molecular complexity index is 615. The minimum atomic E-state index is -0.167. The van der Waals surface area contributed by atoms with Gasteiger partial charge in [-0.25, -0.2) is 9.97 Å². The highest BCUT2D eigenvalue weighted by molar-refractivity contribution is 8.00. The number of hydrogen-bond donors (Lipinski definition) is 1. The Morgan fingerprint density at radius 2 is 2.10 bits per heavy atom. The first-order valence-corrected chi connectivity index (χ1v) is 7.67. The van der Waals surface area contributed by atoms with Gasteiger partial charge in [-0.1, -0.05) is 36.9 Å². The molecule has 0 aliphatic rings. The van der Waals surface area contributed by atoms with E-state index in [1.807, 2.05) is 45.0 Å². The molecular weight excluding hydrogens is 270 g/mol. The van der Waals surface area contributed by atoms with Crippen molar-refractivity contribution in [3.63, 3.8) is 0 Å². The number of nitrogens with zero attached hydrogens (tertiary/aromatic N) is 2. The summed E-state index contributed by atoms with van der Waals surface area (Å²) in [5, 5.41) is 4.61. The highest BCUT2D eigenvalue weighted by Gasteiger charge is 2.16. The van der Waals surface area contributed by atoms with Gasteiger partial charge in [-0.05, 0) is 26.3 Å². The van der Waals surface area contributed by atoms with Crippen LogP contribution in [-0.4, -0.2) is 27.7 Å². The summed E-state index contributed by atoms with van der Waals surface area (Å²) in [5.41, 5.74) is 0.920. The van der Waals surface area contributed by atoms with Crippen LogP contribution in [0.2, 0.25) is 0 Å². The van der Waals surface area contributed by atoms with Crippen LogP contribution >= 0.6 is 11.8 Å². The molecule has 1 atom stereocenters. The van der Waals surface area contributed by atoms with Crippen LogP contribution in [0.1, 0.15) is 26.1 Å². The summed E-state index contributed by atoms with van der Waals surface area (Å²) >= 11 is 1.48. The molecule has 1 aromatic carbocycles. The van der Waals surface area contributed by atoms with Crippen molar-refractivity contribution in [2.75, 3.05) is 6.54 Å². The van der Waals surface area contributed by atoms with Crippen molar-refractivity contribution in [1.82, 2.24) is 15.3 Å². The fraction of sp³-hybridized carbons (Fsp3) is 0.400. The van der Waals surface area contributed by atoms with Gasteiger partial charge in [-0.15, -0.1) is 0 Å². The molecule has 0 aliphatic carbocycles. The van der Waals surface area contributed by atoms with Crippen LogP contribution in [0.15, 0.2) is 29.3 Å². The van der Waals surface area contributed by atoms with E-state index in [1.54, 1.807) is 0 Å². The topological polar surface area (TPSA) is 54.9 Å². The maximum absolute atomic E-state index is 12.0. The Labute approximate surface area is 123 Å². The lowest BCUT2D eigenvalue weighted by molar-refractivity contribution is -0.120. The van der Waals surface area contributed by atoms with Crippen molar-refractivity contribution >= 4 is 28.6 Å². The molecule has 20 heavy (non-hydrogen) atoms. The van der Waals surface area contributed by atoms with Gasteiger partial charge in [0.25, 0.3) is 0 Å². The predicted molar refractivity (Wildman–Crippen MR) is 82.9 cm³/mol. The summed E-state index contributed by atoms with van der Waals surface area (Å²) in [4.78, 5) is 20.8. The van der Waals surface area contributed by atoms with Crippen molar-refractivity contribution in [3.8, 4) is 0 Å². The first-order chi connectivity index (χ1) is 9.61. The molecule has 1 aromatic heterocycles. The van der Waals surface area contributed by atoms with Gasteiger partial charge in [0.05, 0.1) is 10.8 Å². The summed E-state index contributed by atoms with van der Waals surface area (Å²) in [6.45, 7) is 6.53. The SMILES string of the molecule is CCCNC(=O)[C@@H](C)Sc1nc(C)nc2ccccc12. The smallest absolute Gasteiger partial charge is 0.233 e. The van der Waals surface area contributed by atoms with E-state index in [9.17, 15) is 4.79 Å². The van der Waals surface area contributed by atoms with E-state index in [0.29, 0.717) is 6.54 Å². The number of carbonyl (C=O) groups is 1. The van der Waals surface area contributed by atoms with Crippen molar-refractivity contribution in [3.05, 3.63) is 30.1 Å². The number of amides is 1. The third-order valence-corrected chi connectivity index (χ3v) is 3.99. The van der Waals surface area contributed by atoms with E-state index in [-0.39, 0.29) is 11.2 Å². The van der Waals surface area contributed by atoms with E-state index >= 15 is 0 Å². The second kappa shape index (κ2) is 6.70. The number of aromatic nitrogens is 2. The van der Waals surface area contributed by atoms with Crippen LogP contribution < -0.4 is 5.32 Å². The molecule has 1 heterocycles. The number of rotatable bonds is 5. The number of carbonyl (C=O) groups excluding carboxylic acids is 1. The van der Waals surface area contributed by atoms with Gasteiger partial charge in [-0.2, -0.15) is 0 Å². The normalized spacial score (nSPS) is 12.3. The third kappa shape index (κ3) is 3.48. The molecule has 0 saturated carbocycles. The lowest BCUT2D eigenvalue weighted by atomic mass is 10.2. The number of nitrogens with one attached hydrogen (secondary N) is 1. The second-order valence-corrected chi connectivity index (χ2v) is 5.97. The molecule has 0 radical (unpaired) electrons. The highest BCUT2D eigenvalue weighted by Crippen LogP contribution is 2.28. The molecule has 106 valence electrons. The molecule has 0 aliphatic heterocycles. The van der Waals surface area contributed by atoms with Gasteiger partial charge in [-0.3, -0.25) is 4.79 Å². The van der Waals surface area contributed by atoms with Gasteiger partial charge in [0.2, 0.25) is 5.91 Å². The van der Waals surface area contributed by atoms with Crippen LogP contribution in [-0.2, 0) is 4.79 Å². The standard InChI is InChI=1S/C15H19N3OS/c1-4-9-16-14(19)10(2)20-15-12-7-5-6-8-13(12)17-11(3)18-15/h5-8,10H,4,9H2,1-3H3,(H,16,19)/t10-/m1/s1. The second-order valence-electron chi connectivity index (χ2n) is 4.64. The number of aryl methyl sites for hydroxylation is 1. The summed E-state index contributed by atoms with van der Waals surface area (Å²) in [6.07, 6.45) is 0.943. The van der Waals surface area contributed by atoms with Crippen molar-refractivity contribution in [2.24, 2.45) is 0 Å². The van der Waals surface area contributed by atoms with E-state index in [2.05, 4.69) is 15.3 Å². The Morgan fingerprint density at radius 1 is 1.35 bits per heavy atom. The van der Waals surface area contributed by atoms with Gasteiger partial charge in [0.1, 0.15) is 10.9 Å². The van der Waals surface area contributed by atoms with Crippen molar-refractivity contribution in [2.45, 2.75) is 37.5 Å². The first kappa shape index (κ1) is 14.8. The predicted octanol–water partition coefficient (Wildman–Crippen LogP) is 2.95. The van der Waals surface area contributed by atoms with Crippen molar-refractivity contribution < 1.29 is 4.79 Å². The fourth-order valence-electron chi connectivity index (χ4n) is 1.86. The van der Waals surface area contributed by atoms with E-state index < -0.39 is 0 Å². The Kier molecular flexibility index (Phi) is 4.95. The minimum Gasteiger partial charge on any atom is -0.355 e. The Hall–Kier alpha value is -1.62. The maximum Gasteiger partial charge on any atom is 0.233 e. The van der Waals surface area contributed by atoms with Crippen molar-refractivity contribution in [1.29, 1.82) is 0 Å². The Balaban J connectivity index is 2.22. The summed E-state index contributed by atoms with van der Waals surface area (Å²) in [6, 6.07) is 7.89. The molecule has 2 rings (SSSR count). The molecule has 0 unspecified atom stereocenters. The molecular formula is C15H19N3OS.